The second kappa shape index (κ2) is 11.1. The Labute approximate surface area is 160 Å². The van der Waals surface area contributed by atoms with E-state index in [-0.39, 0.29) is 10.9 Å². The van der Waals surface area contributed by atoms with E-state index in [0.29, 0.717) is 24.8 Å². The molecule has 26 heavy (non-hydrogen) atoms. The number of aliphatic imine (C=N–C) groups is 1. The lowest BCUT2D eigenvalue weighted by Gasteiger charge is -2.19. The van der Waals surface area contributed by atoms with Gasteiger partial charge in [-0.3, -0.25) is 4.21 Å². The quantitative estimate of drug-likeness (QED) is 0.506. The number of guanidine groups is 1. The van der Waals surface area contributed by atoms with Gasteiger partial charge in [0.15, 0.2) is 5.96 Å². The van der Waals surface area contributed by atoms with Gasteiger partial charge in [0.05, 0.1) is 13.7 Å². The molecular weight excluding hydrogens is 350 g/mol. The molecule has 0 aliphatic rings. The Morgan fingerprint density at radius 3 is 2.58 bits per heavy atom. The summed E-state index contributed by atoms with van der Waals surface area (Å²) in [5, 5.41) is 6.43. The predicted molar refractivity (Wildman–Crippen MR) is 110 cm³/mol. The van der Waals surface area contributed by atoms with Gasteiger partial charge in [0, 0.05) is 40.5 Å². The summed E-state index contributed by atoms with van der Waals surface area (Å²) in [6.45, 7) is 11.8. The monoisotopic (exact) mass is 383 g/mol. The van der Waals surface area contributed by atoms with Crippen molar-refractivity contribution in [3.63, 3.8) is 0 Å². The molecule has 2 atom stereocenters. The second-order valence-electron chi connectivity index (χ2n) is 6.92. The van der Waals surface area contributed by atoms with Crippen LogP contribution in [0.15, 0.2) is 29.3 Å². The highest BCUT2D eigenvalue weighted by Crippen LogP contribution is 2.19. The number of hydrogen-bond acceptors (Lipinski definition) is 4. The van der Waals surface area contributed by atoms with E-state index in [1.54, 1.807) is 7.11 Å². The molecule has 0 aliphatic carbocycles. The molecule has 1 aromatic carbocycles. The molecular formula is C19H33N3O3S. The first-order valence-corrected chi connectivity index (χ1v) is 10.3. The molecule has 0 saturated carbocycles. The van der Waals surface area contributed by atoms with Crippen LogP contribution < -0.4 is 20.1 Å². The summed E-state index contributed by atoms with van der Waals surface area (Å²) in [5.74, 6) is 2.81. The number of hydrogen-bond donors (Lipinski definition) is 2. The highest BCUT2D eigenvalue weighted by Gasteiger charge is 2.18. The normalized spacial score (nSPS) is 14.5. The maximum atomic E-state index is 12.1. The molecule has 148 valence electrons. The largest absolute Gasteiger partial charge is 0.497 e. The zero-order valence-corrected chi connectivity index (χ0v) is 17.6. The Kier molecular flexibility index (Phi) is 9.48. The molecule has 7 heteroatoms. The van der Waals surface area contributed by atoms with Crippen molar-refractivity contribution in [2.45, 2.75) is 45.5 Å². The van der Waals surface area contributed by atoms with Crippen molar-refractivity contribution in [1.82, 2.24) is 10.6 Å². The van der Waals surface area contributed by atoms with Gasteiger partial charge in [-0.1, -0.05) is 6.07 Å². The van der Waals surface area contributed by atoms with E-state index >= 15 is 0 Å². The third-order valence-corrected chi connectivity index (χ3v) is 5.43. The van der Waals surface area contributed by atoms with Gasteiger partial charge in [-0.15, -0.1) is 0 Å². The van der Waals surface area contributed by atoms with Crippen LogP contribution in [0.2, 0.25) is 0 Å². The number of methoxy groups -OCH3 is 1. The number of benzene rings is 1. The minimum Gasteiger partial charge on any atom is -0.497 e. The molecule has 0 aromatic heterocycles. The van der Waals surface area contributed by atoms with Crippen molar-refractivity contribution >= 4 is 16.8 Å². The van der Waals surface area contributed by atoms with Gasteiger partial charge in [-0.05, 0) is 46.8 Å². The van der Waals surface area contributed by atoms with Crippen LogP contribution in [-0.2, 0) is 10.8 Å². The predicted octanol–water partition coefficient (Wildman–Crippen LogP) is 2.56. The van der Waals surface area contributed by atoms with E-state index in [2.05, 4.69) is 15.6 Å². The van der Waals surface area contributed by atoms with E-state index in [9.17, 15) is 4.21 Å². The molecule has 0 radical (unpaired) electrons. The molecule has 0 saturated heterocycles. The fourth-order valence-electron chi connectivity index (χ4n) is 2.07. The summed E-state index contributed by atoms with van der Waals surface area (Å²) in [7, 11) is 0.751. The van der Waals surface area contributed by atoms with Crippen LogP contribution in [0.1, 0.15) is 34.6 Å². The first kappa shape index (κ1) is 22.3. The lowest BCUT2D eigenvalue weighted by atomic mass is 10.3. The molecule has 0 spiro atoms. The molecule has 1 rings (SSSR count). The van der Waals surface area contributed by atoms with Crippen LogP contribution in [0.25, 0.3) is 0 Å². The topological polar surface area (TPSA) is 72.0 Å². The van der Waals surface area contributed by atoms with Gasteiger partial charge < -0.3 is 20.1 Å². The highest BCUT2D eigenvalue weighted by molar-refractivity contribution is 7.86. The standard InChI is InChI=1S/C19H33N3O3S/c1-7-20-18(21-11-12-26(23)19(3,4)5)22-14-15(2)25-17-10-8-9-16(13-17)24-6/h8-10,13,15H,7,11-12,14H2,1-6H3,(H2,20,21,22). The van der Waals surface area contributed by atoms with Crippen molar-refractivity contribution < 1.29 is 13.7 Å². The first-order chi connectivity index (χ1) is 12.3. The zero-order valence-electron chi connectivity index (χ0n) is 16.8. The molecule has 0 aliphatic heterocycles. The summed E-state index contributed by atoms with van der Waals surface area (Å²) in [6.07, 6.45) is -0.0822. The van der Waals surface area contributed by atoms with Crippen LogP contribution >= 0.6 is 0 Å². The van der Waals surface area contributed by atoms with E-state index in [1.165, 1.54) is 0 Å². The van der Waals surface area contributed by atoms with Crippen LogP contribution in [0.4, 0.5) is 0 Å². The molecule has 2 N–H and O–H groups in total. The molecule has 0 heterocycles. The Hall–Kier alpha value is -1.76. The summed E-state index contributed by atoms with van der Waals surface area (Å²) in [4.78, 5) is 4.55. The minimum absolute atomic E-state index is 0.0822. The van der Waals surface area contributed by atoms with Crippen LogP contribution in [0.5, 0.6) is 11.5 Å². The smallest absolute Gasteiger partial charge is 0.191 e. The van der Waals surface area contributed by atoms with Crippen molar-refractivity contribution in [2.24, 2.45) is 4.99 Å². The maximum absolute atomic E-state index is 12.1. The van der Waals surface area contributed by atoms with Gasteiger partial charge in [-0.25, -0.2) is 4.99 Å². The fraction of sp³-hybridized carbons (Fsp3) is 0.632. The second-order valence-corrected chi connectivity index (χ2v) is 9.24. The van der Waals surface area contributed by atoms with E-state index < -0.39 is 10.8 Å². The molecule has 2 unspecified atom stereocenters. The van der Waals surface area contributed by atoms with Gasteiger partial charge in [-0.2, -0.15) is 0 Å². The van der Waals surface area contributed by atoms with Gasteiger partial charge in [0.1, 0.15) is 17.6 Å². The Bertz CT molecular complexity index is 600. The van der Waals surface area contributed by atoms with Crippen LogP contribution in [0.3, 0.4) is 0 Å². The van der Waals surface area contributed by atoms with Crippen LogP contribution in [-0.4, -0.2) is 53.5 Å². The Balaban J connectivity index is 2.52. The van der Waals surface area contributed by atoms with Crippen molar-refractivity contribution in [1.29, 1.82) is 0 Å². The fourth-order valence-corrected chi connectivity index (χ4v) is 2.97. The lowest BCUT2D eigenvalue weighted by Crippen LogP contribution is -2.41. The van der Waals surface area contributed by atoms with Gasteiger partial charge in [0.2, 0.25) is 0 Å². The summed E-state index contributed by atoms with van der Waals surface area (Å²) >= 11 is 0. The molecule has 1 aromatic rings. The number of nitrogens with one attached hydrogen (secondary N) is 2. The summed E-state index contributed by atoms with van der Waals surface area (Å²) in [6, 6.07) is 7.52. The van der Waals surface area contributed by atoms with Crippen molar-refractivity contribution in [3.8, 4) is 11.5 Å². The zero-order chi connectivity index (χ0) is 19.6. The Morgan fingerprint density at radius 2 is 1.96 bits per heavy atom. The van der Waals surface area contributed by atoms with E-state index in [0.717, 1.165) is 18.0 Å². The highest BCUT2D eigenvalue weighted by atomic mass is 32.2. The van der Waals surface area contributed by atoms with Crippen molar-refractivity contribution in [3.05, 3.63) is 24.3 Å². The molecule has 0 bridgehead atoms. The van der Waals surface area contributed by atoms with Crippen molar-refractivity contribution in [2.75, 3.05) is 32.5 Å². The molecule has 0 fully saturated rings. The summed E-state index contributed by atoms with van der Waals surface area (Å²) in [5.41, 5.74) is 0. The Morgan fingerprint density at radius 1 is 1.27 bits per heavy atom. The average Bonchev–Trinajstić information content (AvgIpc) is 2.58. The van der Waals surface area contributed by atoms with Crippen LogP contribution in [0, 0.1) is 0 Å². The van der Waals surface area contributed by atoms with E-state index in [1.807, 2.05) is 58.9 Å². The number of nitrogens with zero attached hydrogens (tertiary/aromatic N) is 1. The first-order valence-electron chi connectivity index (χ1n) is 8.97. The third kappa shape index (κ3) is 8.56. The average molecular weight is 384 g/mol. The lowest BCUT2D eigenvalue weighted by molar-refractivity contribution is 0.229. The SMILES string of the molecule is CCNC(=NCC(C)Oc1cccc(OC)c1)NCCS(=O)C(C)(C)C. The molecule has 0 amide bonds. The molecule has 6 nitrogen and oxygen atoms in total. The third-order valence-electron chi connectivity index (χ3n) is 3.49. The van der Waals surface area contributed by atoms with Gasteiger partial charge >= 0.3 is 0 Å². The minimum atomic E-state index is -0.882. The van der Waals surface area contributed by atoms with Gasteiger partial charge in [0.25, 0.3) is 0 Å². The summed E-state index contributed by atoms with van der Waals surface area (Å²) < 4.78 is 23.0. The number of rotatable bonds is 9. The number of ether oxygens (including phenoxy) is 2. The maximum Gasteiger partial charge on any atom is 0.191 e. The van der Waals surface area contributed by atoms with E-state index in [4.69, 9.17) is 9.47 Å².